The summed E-state index contributed by atoms with van der Waals surface area (Å²) in [6.45, 7) is 6.65. The average molecular weight is 545 g/mol. The maximum atomic E-state index is 13.8. The molecule has 6 nitrogen and oxygen atoms in total. The lowest BCUT2D eigenvalue weighted by atomic mass is 10.00. The fraction of sp³-hybridized carbons (Fsp3) is 0.286. The zero-order chi connectivity index (χ0) is 28.2. The highest BCUT2D eigenvalue weighted by Crippen LogP contribution is 2.27. The number of rotatable bonds is 5. The zero-order valence-corrected chi connectivity index (χ0v) is 23.6. The number of hydrogen-bond donors (Lipinski definition) is 0. The second kappa shape index (κ2) is 12.1. The highest BCUT2D eigenvalue weighted by Gasteiger charge is 2.31. The van der Waals surface area contributed by atoms with Gasteiger partial charge in [-0.1, -0.05) is 78.9 Å². The molecule has 0 N–H and O–H groups in total. The van der Waals surface area contributed by atoms with Crippen LogP contribution >= 0.6 is 0 Å². The van der Waals surface area contributed by atoms with Gasteiger partial charge in [-0.15, -0.1) is 0 Å². The normalized spacial score (nSPS) is 16.5. The molecule has 0 bridgehead atoms. The van der Waals surface area contributed by atoms with Crippen molar-refractivity contribution in [3.63, 3.8) is 0 Å². The first-order chi connectivity index (χ1) is 20.1. The molecular formula is C35H36N4O2. The van der Waals surface area contributed by atoms with Gasteiger partial charge < -0.3 is 9.80 Å². The summed E-state index contributed by atoms with van der Waals surface area (Å²) in [6.07, 6.45) is 1.94. The van der Waals surface area contributed by atoms with Gasteiger partial charge in [0.1, 0.15) is 0 Å². The molecular weight excluding hydrogens is 508 g/mol. The number of hydrogen-bond acceptors (Lipinski definition) is 4. The quantitative estimate of drug-likeness (QED) is 0.319. The summed E-state index contributed by atoms with van der Waals surface area (Å²) in [6, 6.07) is 32.2. The number of likely N-dealkylation sites (tertiary alicyclic amines) is 1. The molecule has 41 heavy (non-hydrogen) atoms. The Morgan fingerprint density at radius 1 is 0.634 bits per heavy atom. The molecule has 208 valence electrons. The van der Waals surface area contributed by atoms with Crippen molar-refractivity contribution in [2.75, 3.05) is 39.3 Å². The maximum absolute atomic E-state index is 13.8. The number of aryl methyl sites for hydroxylation is 1. The van der Waals surface area contributed by atoms with E-state index in [-0.39, 0.29) is 11.8 Å². The highest BCUT2D eigenvalue weighted by atomic mass is 16.2. The van der Waals surface area contributed by atoms with Gasteiger partial charge in [-0.25, -0.2) is 4.98 Å². The van der Waals surface area contributed by atoms with Crippen LogP contribution in [0.2, 0.25) is 0 Å². The third-order valence-corrected chi connectivity index (χ3v) is 8.46. The molecule has 0 spiro atoms. The van der Waals surface area contributed by atoms with Crippen LogP contribution < -0.4 is 0 Å². The van der Waals surface area contributed by atoms with Gasteiger partial charge in [-0.3, -0.25) is 14.5 Å². The molecule has 3 heterocycles. The Kier molecular flexibility index (Phi) is 7.92. The minimum Gasteiger partial charge on any atom is -0.339 e. The van der Waals surface area contributed by atoms with Crippen LogP contribution in [0.5, 0.6) is 0 Å². The monoisotopic (exact) mass is 544 g/mol. The molecule has 0 unspecified atom stereocenters. The molecule has 0 radical (unpaired) electrons. The number of piperidine rings is 1. The first-order valence-electron chi connectivity index (χ1n) is 14.6. The van der Waals surface area contributed by atoms with E-state index in [2.05, 4.69) is 4.90 Å². The summed E-state index contributed by atoms with van der Waals surface area (Å²) in [5, 5.41) is 0. The van der Waals surface area contributed by atoms with E-state index < -0.39 is 0 Å². The minimum absolute atomic E-state index is 0.0556. The molecule has 2 fully saturated rings. The number of carbonyl (C=O) groups is 2. The van der Waals surface area contributed by atoms with Crippen LogP contribution in [0, 0.1) is 6.92 Å². The van der Waals surface area contributed by atoms with Crippen LogP contribution in [-0.4, -0.2) is 76.8 Å². The van der Waals surface area contributed by atoms with E-state index in [1.807, 2.05) is 114 Å². The van der Waals surface area contributed by atoms with Crippen molar-refractivity contribution < 1.29 is 9.59 Å². The standard InChI is InChI=1S/C35H36N4O2/c1-26-10-8-9-15-31(26)35(41)38-18-16-30(17-19-38)37-20-22-39(23-21-37)34(40)29-24-32(27-11-4-2-5-12-27)36-33(25-29)28-13-6-3-7-14-28/h2-15,24-25,30H,16-23H2,1H3. The number of carbonyl (C=O) groups excluding carboxylic acids is 2. The van der Waals surface area contributed by atoms with Crippen molar-refractivity contribution in [1.82, 2.24) is 19.7 Å². The van der Waals surface area contributed by atoms with Crippen LogP contribution in [0.4, 0.5) is 0 Å². The summed E-state index contributed by atoms with van der Waals surface area (Å²) in [5.41, 5.74) is 6.12. The topological polar surface area (TPSA) is 56.8 Å². The van der Waals surface area contributed by atoms with E-state index in [1.165, 1.54) is 0 Å². The predicted octanol–water partition coefficient (Wildman–Crippen LogP) is 5.79. The highest BCUT2D eigenvalue weighted by molar-refractivity contribution is 5.97. The van der Waals surface area contributed by atoms with E-state index in [9.17, 15) is 9.59 Å². The van der Waals surface area contributed by atoms with E-state index >= 15 is 0 Å². The molecule has 4 aromatic rings. The third kappa shape index (κ3) is 5.93. The number of pyridine rings is 1. The summed E-state index contributed by atoms with van der Waals surface area (Å²) in [5.74, 6) is 0.194. The lowest BCUT2D eigenvalue weighted by molar-refractivity contribution is 0.0412. The van der Waals surface area contributed by atoms with E-state index in [0.717, 1.165) is 72.7 Å². The molecule has 6 heteroatoms. The Balaban J connectivity index is 1.11. The molecule has 0 aliphatic carbocycles. The fourth-order valence-electron chi connectivity index (χ4n) is 6.06. The average Bonchev–Trinajstić information content (AvgIpc) is 3.05. The summed E-state index contributed by atoms with van der Waals surface area (Å²) >= 11 is 0. The molecule has 2 amide bonds. The van der Waals surface area contributed by atoms with Crippen molar-refractivity contribution >= 4 is 11.8 Å². The van der Waals surface area contributed by atoms with Gasteiger partial charge >= 0.3 is 0 Å². The Morgan fingerprint density at radius 2 is 1.15 bits per heavy atom. The molecule has 2 aliphatic heterocycles. The van der Waals surface area contributed by atoms with Gasteiger partial charge in [0.25, 0.3) is 11.8 Å². The summed E-state index contributed by atoms with van der Waals surface area (Å²) in [4.78, 5) is 38.2. The van der Waals surface area contributed by atoms with Crippen LogP contribution in [0.15, 0.2) is 97.1 Å². The predicted molar refractivity (Wildman–Crippen MR) is 163 cm³/mol. The van der Waals surface area contributed by atoms with Crippen molar-refractivity contribution in [1.29, 1.82) is 0 Å². The van der Waals surface area contributed by atoms with Gasteiger partial charge in [0.2, 0.25) is 0 Å². The largest absolute Gasteiger partial charge is 0.339 e. The lowest BCUT2D eigenvalue weighted by Crippen LogP contribution is -2.54. The number of aromatic nitrogens is 1. The van der Waals surface area contributed by atoms with E-state index in [1.54, 1.807) is 0 Å². The van der Waals surface area contributed by atoms with Gasteiger partial charge in [-0.05, 0) is 43.5 Å². The van der Waals surface area contributed by atoms with Crippen LogP contribution in [0.25, 0.3) is 22.5 Å². The summed E-state index contributed by atoms with van der Waals surface area (Å²) < 4.78 is 0. The first kappa shape index (κ1) is 26.9. The Labute approximate surface area is 242 Å². The number of amides is 2. The second-order valence-electron chi connectivity index (χ2n) is 11.0. The lowest BCUT2D eigenvalue weighted by Gasteiger charge is -2.42. The van der Waals surface area contributed by atoms with Gasteiger partial charge in [0.15, 0.2) is 0 Å². The zero-order valence-electron chi connectivity index (χ0n) is 23.6. The maximum Gasteiger partial charge on any atom is 0.254 e. The van der Waals surface area contributed by atoms with Crippen LogP contribution in [-0.2, 0) is 0 Å². The molecule has 2 aliphatic rings. The molecule has 2 saturated heterocycles. The number of nitrogens with zero attached hydrogens (tertiary/aromatic N) is 4. The molecule has 6 rings (SSSR count). The molecule has 1 aromatic heterocycles. The molecule has 0 saturated carbocycles. The summed E-state index contributed by atoms with van der Waals surface area (Å²) in [7, 11) is 0. The Morgan fingerprint density at radius 3 is 1.71 bits per heavy atom. The van der Waals surface area contributed by atoms with Crippen molar-refractivity contribution in [2.24, 2.45) is 0 Å². The Hall–Kier alpha value is -4.29. The Bertz CT molecular complexity index is 1450. The van der Waals surface area contributed by atoms with Crippen LogP contribution in [0.3, 0.4) is 0 Å². The molecule has 3 aromatic carbocycles. The van der Waals surface area contributed by atoms with E-state index in [0.29, 0.717) is 24.7 Å². The van der Waals surface area contributed by atoms with Gasteiger partial charge in [-0.2, -0.15) is 0 Å². The number of benzene rings is 3. The van der Waals surface area contributed by atoms with Crippen molar-refractivity contribution in [3.05, 3.63) is 114 Å². The second-order valence-corrected chi connectivity index (χ2v) is 11.0. The first-order valence-corrected chi connectivity index (χ1v) is 14.6. The van der Waals surface area contributed by atoms with Gasteiger partial charge in [0, 0.05) is 67.6 Å². The van der Waals surface area contributed by atoms with Crippen molar-refractivity contribution in [2.45, 2.75) is 25.8 Å². The SMILES string of the molecule is Cc1ccccc1C(=O)N1CCC(N2CCN(C(=O)c3cc(-c4ccccc4)nc(-c4ccccc4)c3)CC2)CC1. The molecule has 0 atom stereocenters. The number of piperazine rings is 1. The third-order valence-electron chi connectivity index (χ3n) is 8.46. The van der Waals surface area contributed by atoms with Crippen molar-refractivity contribution in [3.8, 4) is 22.5 Å². The van der Waals surface area contributed by atoms with E-state index in [4.69, 9.17) is 4.98 Å². The fourth-order valence-corrected chi connectivity index (χ4v) is 6.06. The van der Waals surface area contributed by atoms with Gasteiger partial charge in [0.05, 0.1) is 11.4 Å². The van der Waals surface area contributed by atoms with Crippen LogP contribution in [0.1, 0.15) is 39.1 Å². The smallest absolute Gasteiger partial charge is 0.254 e. The minimum atomic E-state index is 0.0556.